The molecule has 4 nitrogen and oxygen atoms in total. The van der Waals surface area contributed by atoms with Gasteiger partial charge in [0.1, 0.15) is 0 Å². The topological polar surface area (TPSA) is 99.7 Å². The van der Waals surface area contributed by atoms with Crippen LogP contribution in [-0.4, -0.2) is 21.8 Å². The average molecular weight is 396 g/mol. The second-order valence-corrected chi connectivity index (χ2v) is 5.11. The molecule has 98 valence electrons. The molecule has 0 radical (unpaired) electrons. The van der Waals surface area contributed by atoms with Crippen LogP contribution in [0.2, 0.25) is 0 Å². The maximum absolute atomic E-state index is 6.99. The standard InChI is InChI=1S/C8H18N4S2.2BrH/c9-7(10)13-5-3-1-2-4-6-14-8(11)12;;/h1-6H2,(H3,9,10)(H3,11,12);2*1H. The van der Waals surface area contributed by atoms with Crippen LogP contribution in [0.1, 0.15) is 25.7 Å². The van der Waals surface area contributed by atoms with Gasteiger partial charge in [0.2, 0.25) is 0 Å². The minimum Gasteiger partial charge on any atom is -0.379 e. The molecule has 0 rings (SSSR count). The number of nitrogens with one attached hydrogen (secondary N) is 2. The fourth-order valence-corrected chi connectivity index (χ4v) is 2.06. The molecule has 0 saturated heterocycles. The number of thioether (sulfide) groups is 2. The fraction of sp³-hybridized carbons (Fsp3) is 0.750. The first-order valence-electron chi connectivity index (χ1n) is 4.56. The smallest absolute Gasteiger partial charge is 0.151 e. The van der Waals surface area contributed by atoms with Crippen molar-refractivity contribution >= 4 is 67.8 Å². The Labute approximate surface area is 127 Å². The van der Waals surface area contributed by atoms with Crippen LogP contribution in [0.15, 0.2) is 0 Å². The van der Waals surface area contributed by atoms with Gasteiger partial charge in [0.25, 0.3) is 0 Å². The fourth-order valence-electron chi connectivity index (χ4n) is 0.922. The summed E-state index contributed by atoms with van der Waals surface area (Å²) in [6, 6.07) is 0. The Morgan fingerprint density at radius 3 is 1.31 bits per heavy atom. The number of amidine groups is 2. The van der Waals surface area contributed by atoms with Crippen LogP contribution in [0.5, 0.6) is 0 Å². The Hall–Kier alpha value is 0.600. The predicted octanol–water partition coefficient (Wildman–Crippen LogP) is 2.96. The largest absolute Gasteiger partial charge is 0.379 e. The molecule has 8 heteroatoms. The van der Waals surface area contributed by atoms with Crippen molar-refractivity contribution in [1.29, 1.82) is 10.8 Å². The molecule has 0 aliphatic carbocycles. The lowest BCUT2D eigenvalue weighted by molar-refractivity contribution is 0.712. The minimum absolute atomic E-state index is 0. The van der Waals surface area contributed by atoms with Crippen LogP contribution in [-0.2, 0) is 0 Å². The van der Waals surface area contributed by atoms with Gasteiger partial charge in [-0.3, -0.25) is 10.8 Å². The summed E-state index contributed by atoms with van der Waals surface area (Å²) >= 11 is 2.80. The van der Waals surface area contributed by atoms with Gasteiger partial charge >= 0.3 is 0 Å². The Morgan fingerprint density at radius 2 is 1.06 bits per heavy atom. The van der Waals surface area contributed by atoms with Crippen molar-refractivity contribution in [2.45, 2.75) is 25.7 Å². The molecule has 0 unspecified atom stereocenters. The highest BCUT2D eigenvalue weighted by Crippen LogP contribution is 2.09. The van der Waals surface area contributed by atoms with Gasteiger partial charge in [-0.05, 0) is 12.8 Å². The molecule has 0 bridgehead atoms. The van der Waals surface area contributed by atoms with E-state index in [9.17, 15) is 0 Å². The van der Waals surface area contributed by atoms with Crippen LogP contribution < -0.4 is 11.5 Å². The predicted molar refractivity (Wildman–Crippen MR) is 87.9 cm³/mol. The van der Waals surface area contributed by atoms with Gasteiger partial charge in [-0.1, -0.05) is 36.4 Å². The summed E-state index contributed by atoms with van der Waals surface area (Å²) in [5, 5.41) is 14.4. The third kappa shape index (κ3) is 20.1. The lowest BCUT2D eigenvalue weighted by Gasteiger charge is -2.00. The highest BCUT2D eigenvalue weighted by Gasteiger charge is 1.94. The molecule has 0 aromatic heterocycles. The first kappa shape index (κ1) is 21.8. The van der Waals surface area contributed by atoms with Crippen molar-refractivity contribution < 1.29 is 0 Å². The Bertz CT molecular complexity index is 173. The van der Waals surface area contributed by atoms with E-state index < -0.39 is 0 Å². The van der Waals surface area contributed by atoms with Gasteiger partial charge < -0.3 is 11.5 Å². The SMILES string of the molecule is Br.Br.N=C(N)SCCCCCCSC(=N)N. The molecular weight excluding hydrogens is 376 g/mol. The van der Waals surface area contributed by atoms with Gasteiger partial charge in [0.05, 0.1) is 0 Å². The van der Waals surface area contributed by atoms with E-state index in [4.69, 9.17) is 22.3 Å². The first-order chi connectivity index (χ1) is 6.63. The van der Waals surface area contributed by atoms with Crippen LogP contribution in [0.4, 0.5) is 0 Å². The van der Waals surface area contributed by atoms with E-state index in [1.807, 2.05) is 0 Å². The van der Waals surface area contributed by atoms with Crippen molar-refractivity contribution in [3.8, 4) is 0 Å². The Morgan fingerprint density at radius 1 is 0.750 bits per heavy atom. The van der Waals surface area contributed by atoms with E-state index in [0.717, 1.165) is 24.3 Å². The van der Waals surface area contributed by atoms with Gasteiger partial charge in [-0.25, -0.2) is 0 Å². The summed E-state index contributed by atoms with van der Waals surface area (Å²) in [5.74, 6) is 1.88. The molecule has 0 aromatic rings. The van der Waals surface area contributed by atoms with Crippen LogP contribution >= 0.6 is 57.5 Å². The zero-order chi connectivity index (χ0) is 10.8. The summed E-state index contributed by atoms with van der Waals surface area (Å²) in [5.41, 5.74) is 10.4. The summed E-state index contributed by atoms with van der Waals surface area (Å²) in [6.45, 7) is 0. The van der Waals surface area contributed by atoms with Crippen LogP contribution in [0.25, 0.3) is 0 Å². The van der Waals surface area contributed by atoms with E-state index >= 15 is 0 Å². The van der Waals surface area contributed by atoms with Crippen LogP contribution in [0.3, 0.4) is 0 Å². The molecule has 0 fully saturated rings. The van der Waals surface area contributed by atoms with Crippen molar-refractivity contribution in [3.63, 3.8) is 0 Å². The van der Waals surface area contributed by atoms with Crippen LogP contribution in [0, 0.1) is 10.8 Å². The average Bonchev–Trinajstić information content (AvgIpc) is 2.08. The molecule has 0 amide bonds. The normalized spacial score (nSPS) is 8.75. The number of unbranched alkanes of at least 4 members (excludes halogenated alkanes) is 3. The zero-order valence-corrected chi connectivity index (χ0v) is 14.1. The summed E-state index contributed by atoms with van der Waals surface area (Å²) in [6.07, 6.45) is 4.54. The summed E-state index contributed by atoms with van der Waals surface area (Å²) < 4.78 is 0. The van der Waals surface area contributed by atoms with E-state index in [1.165, 1.54) is 36.4 Å². The van der Waals surface area contributed by atoms with E-state index in [0.29, 0.717) is 0 Å². The molecule has 0 heterocycles. The Kier molecular flexibility index (Phi) is 21.3. The second kappa shape index (κ2) is 15.6. The number of halogens is 2. The number of rotatable bonds is 7. The molecular formula is C8H20Br2N4S2. The molecule has 16 heavy (non-hydrogen) atoms. The quantitative estimate of drug-likeness (QED) is 0.302. The first-order valence-corrected chi connectivity index (χ1v) is 6.53. The summed E-state index contributed by atoms with van der Waals surface area (Å²) in [4.78, 5) is 0. The number of hydrogen-bond acceptors (Lipinski definition) is 4. The lowest BCUT2D eigenvalue weighted by Crippen LogP contribution is -2.05. The number of hydrogen-bond donors (Lipinski definition) is 4. The van der Waals surface area contributed by atoms with E-state index in [2.05, 4.69) is 0 Å². The maximum atomic E-state index is 6.99. The molecule has 0 aliphatic rings. The van der Waals surface area contributed by atoms with Gasteiger partial charge in [0, 0.05) is 11.5 Å². The third-order valence-corrected chi connectivity index (χ3v) is 3.16. The maximum Gasteiger partial charge on any atom is 0.151 e. The molecule has 0 aliphatic heterocycles. The van der Waals surface area contributed by atoms with Crippen molar-refractivity contribution in [2.75, 3.05) is 11.5 Å². The molecule has 0 atom stereocenters. The highest BCUT2D eigenvalue weighted by molar-refractivity contribution is 8.93. The zero-order valence-electron chi connectivity index (χ0n) is 9.03. The van der Waals surface area contributed by atoms with Gasteiger partial charge in [-0.2, -0.15) is 0 Å². The lowest BCUT2D eigenvalue weighted by atomic mass is 10.2. The summed E-state index contributed by atoms with van der Waals surface area (Å²) in [7, 11) is 0. The van der Waals surface area contributed by atoms with Crippen molar-refractivity contribution in [3.05, 3.63) is 0 Å². The van der Waals surface area contributed by atoms with E-state index in [1.54, 1.807) is 0 Å². The Balaban J connectivity index is -0.000000845. The molecule has 0 spiro atoms. The molecule has 0 aromatic carbocycles. The third-order valence-electron chi connectivity index (χ3n) is 1.55. The van der Waals surface area contributed by atoms with Gasteiger partial charge in [0.15, 0.2) is 10.3 Å². The van der Waals surface area contributed by atoms with Crippen molar-refractivity contribution in [1.82, 2.24) is 0 Å². The molecule has 6 N–H and O–H groups in total. The second-order valence-electron chi connectivity index (χ2n) is 2.84. The molecule has 0 saturated carbocycles. The highest BCUT2D eigenvalue weighted by atomic mass is 79.9. The minimum atomic E-state index is 0. The van der Waals surface area contributed by atoms with E-state index in [-0.39, 0.29) is 44.3 Å². The number of nitrogens with two attached hydrogens (primary N) is 2. The monoisotopic (exact) mass is 394 g/mol. The van der Waals surface area contributed by atoms with Gasteiger partial charge in [-0.15, -0.1) is 34.0 Å². The van der Waals surface area contributed by atoms with Crippen molar-refractivity contribution in [2.24, 2.45) is 11.5 Å².